The molecule has 0 rings (SSSR count). The lowest BCUT2D eigenvalue weighted by molar-refractivity contribution is 0.330. The molecule has 0 amide bonds. The summed E-state index contributed by atoms with van der Waals surface area (Å²) in [6, 6.07) is 0.451. The quantitative estimate of drug-likeness (QED) is 0.398. The van der Waals surface area contributed by atoms with E-state index in [2.05, 4.69) is 20.8 Å². The Morgan fingerprint density at radius 1 is 0.762 bits per heavy atom. The highest BCUT2D eigenvalue weighted by atomic mass is 14.6. The van der Waals surface area contributed by atoms with Crippen LogP contribution < -0.4 is 11.5 Å². The molecular weight excluding hydrogens is 256 g/mol. The number of hydrogen-bond donors (Lipinski definition) is 2. The van der Waals surface area contributed by atoms with Crippen LogP contribution in [0.3, 0.4) is 0 Å². The van der Waals surface area contributed by atoms with Gasteiger partial charge in [0.2, 0.25) is 0 Å². The van der Waals surface area contributed by atoms with E-state index in [1.165, 1.54) is 83.5 Å². The molecule has 0 spiro atoms. The van der Waals surface area contributed by atoms with Crippen molar-refractivity contribution in [2.24, 2.45) is 16.9 Å². The Morgan fingerprint density at radius 3 is 1.76 bits per heavy atom. The summed E-state index contributed by atoms with van der Waals surface area (Å²) in [4.78, 5) is 0. The predicted molar refractivity (Wildman–Crippen MR) is 96.5 cm³/mol. The highest BCUT2D eigenvalue weighted by Gasteiger charge is 2.14. The summed E-state index contributed by atoms with van der Waals surface area (Å²) in [6.45, 7) is 7.61. The summed E-state index contributed by atoms with van der Waals surface area (Å²) in [5.74, 6) is 0. The van der Waals surface area contributed by atoms with Gasteiger partial charge in [0.05, 0.1) is 0 Å². The molecule has 0 aliphatic rings. The standard InChI is InChI=1S/C19H42N2/c1-4-5-6-11-14-18(21)15-12-9-7-8-10-13-16-19(2,3)17-20/h18H,4-17,20-21H2,1-3H3. The fourth-order valence-electron chi connectivity index (χ4n) is 2.80. The van der Waals surface area contributed by atoms with Crippen LogP contribution in [0.15, 0.2) is 0 Å². The maximum absolute atomic E-state index is 6.17. The number of nitrogens with two attached hydrogens (primary N) is 2. The largest absolute Gasteiger partial charge is 0.330 e. The van der Waals surface area contributed by atoms with Gasteiger partial charge in [-0.05, 0) is 31.2 Å². The molecule has 0 bridgehead atoms. The van der Waals surface area contributed by atoms with E-state index < -0.39 is 0 Å². The first kappa shape index (κ1) is 20.9. The van der Waals surface area contributed by atoms with E-state index in [4.69, 9.17) is 11.5 Å². The summed E-state index contributed by atoms with van der Waals surface area (Å²) in [5, 5.41) is 0. The Labute approximate surface area is 134 Å². The van der Waals surface area contributed by atoms with E-state index in [0.29, 0.717) is 11.5 Å². The highest BCUT2D eigenvalue weighted by molar-refractivity contribution is 4.68. The zero-order chi connectivity index (χ0) is 16.0. The Morgan fingerprint density at radius 2 is 1.24 bits per heavy atom. The van der Waals surface area contributed by atoms with Gasteiger partial charge in [-0.25, -0.2) is 0 Å². The van der Waals surface area contributed by atoms with Crippen molar-refractivity contribution in [2.45, 2.75) is 110 Å². The molecule has 0 saturated carbocycles. The third-order valence-electron chi connectivity index (χ3n) is 4.66. The van der Waals surface area contributed by atoms with Crippen LogP contribution in [-0.2, 0) is 0 Å². The van der Waals surface area contributed by atoms with Gasteiger partial charge in [0.15, 0.2) is 0 Å². The number of rotatable bonds is 15. The van der Waals surface area contributed by atoms with Crippen molar-refractivity contribution in [3.8, 4) is 0 Å². The van der Waals surface area contributed by atoms with Crippen molar-refractivity contribution in [1.82, 2.24) is 0 Å². The Kier molecular flexibility index (Phi) is 13.5. The second-order valence-electron chi connectivity index (χ2n) is 7.64. The Balaban J connectivity index is 3.25. The van der Waals surface area contributed by atoms with Crippen molar-refractivity contribution < 1.29 is 0 Å². The van der Waals surface area contributed by atoms with Gasteiger partial charge >= 0.3 is 0 Å². The van der Waals surface area contributed by atoms with Gasteiger partial charge < -0.3 is 11.5 Å². The average molecular weight is 299 g/mol. The summed E-state index contributed by atoms with van der Waals surface area (Å²) >= 11 is 0. The molecule has 4 N–H and O–H groups in total. The predicted octanol–water partition coefficient (Wildman–Crippen LogP) is 5.39. The molecule has 21 heavy (non-hydrogen) atoms. The topological polar surface area (TPSA) is 52.0 Å². The molecule has 0 radical (unpaired) electrons. The van der Waals surface area contributed by atoms with Gasteiger partial charge in [0.25, 0.3) is 0 Å². The van der Waals surface area contributed by atoms with E-state index in [0.717, 1.165) is 6.54 Å². The monoisotopic (exact) mass is 298 g/mol. The Hall–Kier alpha value is -0.0800. The molecule has 0 aromatic heterocycles. The van der Waals surface area contributed by atoms with Crippen molar-refractivity contribution in [1.29, 1.82) is 0 Å². The number of hydrogen-bond acceptors (Lipinski definition) is 2. The zero-order valence-corrected chi connectivity index (χ0v) is 15.1. The normalized spacial score (nSPS) is 13.6. The smallest absolute Gasteiger partial charge is 0.00388 e. The molecule has 0 aromatic rings. The van der Waals surface area contributed by atoms with Gasteiger partial charge in [-0.3, -0.25) is 0 Å². The lowest BCUT2D eigenvalue weighted by Crippen LogP contribution is -2.23. The lowest BCUT2D eigenvalue weighted by atomic mass is 9.87. The van der Waals surface area contributed by atoms with E-state index in [1.807, 2.05) is 0 Å². The van der Waals surface area contributed by atoms with Crippen molar-refractivity contribution in [3.05, 3.63) is 0 Å². The first-order valence-corrected chi connectivity index (χ1v) is 9.47. The highest BCUT2D eigenvalue weighted by Crippen LogP contribution is 2.22. The summed E-state index contributed by atoms with van der Waals surface area (Å²) < 4.78 is 0. The lowest BCUT2D eigenvalue weighted by Gasteiger charge is -2.21. The van der Waals surface area contributed by atoms with Gasteiger partial charge in [0, 0.05) is 6.04 Å². The average Bonchev–Trinajstić information content (AvgIpc) is 2.46. The molecule has 0 heterocycles. The fourth-order valence-corrected chi connectivity index (χ4v) is 2.80. The van der Waals surface area contributed by atoms with Crippen LogP contribution in [0.1, 0.15) is 104 Å². The van der Waals surface area contributed by atoms with E-state index in [1.54, 1.807) is 0 Å². The third kappa shape index (κ3) is 14.6. The SMILES string of the molecule is CCCCCCC(N)CCCCCCCCC(C)(C)CN. The summed E-state index contributed by atoms with van der Waals surface area (Å²) in [6.07, 6.45) is 17.3. The van der Waals surface area contributed by atoms with Crippen molar-refractivity contribution in [2.75, 3.05) is 6.54 Å². The molecule has 1 unspecified atom stereocenters. The minimum absolute atomic E-state index is 0.338. The van der Waals surface area contributed by atoms with Crippen LogP contribution in [-0.4, -0.2) is 12.6 Å². The van der Waals surface area contributed by atoms with E-state index in [9.17, 15) is 0 Å². The van der Waals surface area contributed by atoms with Crippen molar-refractivity contribution in [3.63, 3.8) is 0 Å². The van der Waals surface area contributed by atoms with Gasteiger partial charge in [-0.15, -0.1) is 0 Å². The van der Waals surface area contributed by atoms with Crippen LogP contribution in [0.5, 0.6) is 0 Å². The second-order valence-corrected chi connectivity index (χ2v) is 7.64. The molecule has 1 atom stereocenters. The molecule has 2 heteroatoms. The van der Waals surface area contributed by atoms with Gasteiger partial charge in [-0.2, -0.15) is 0 Å². The van der Waals surface area contributed by atoms with Crippen LogP contribution >= 0.6 is 0 Å². The molecule has 0 fully saturated rings. The second kappa shape index (κ2) is 13.6. The third-order valence-corrected chi connectivity index (χ3v) is 4.66. The molecule has 0 aliphatic carbocycles. The van der Waals surface area contributed by atoms with Crippen LogP contribution in [0.4, 0.5) is 0 Å². The minimum atomic E-state index is 0.338. The zero-order valence-electron chi connectivity index (χ0n) is 15.1. The van der Waals surface area contributed by atoms with Gasteiger partial charge in [-0.1, -0.05) is 85.0 Å². The van der Waals surface area contributed by atoms with Crippen LogP contribution in [0.2, 0.25) is 0 Å². The Bertz CT molecular complexity index is 214. The maximum atomic E-state index is 6.17. The number of unbranched alkanes of at least 4 members (excludes halogenated alkanes) is 8. The van der Waals surface area contributed by atoms with E-state index >= 15 is 0 Å². The van der Waals surface area contributed by atoms with Crippen LogP contribution in [0.25, 0.3) is 0 Å². The summed E-state index contributed by atoms with van der Waals surface area (Å²) in [5.41, 5.74) is 12.3. The van der Waals surface area contributed by atoms with E-state index in [-0.39, 0.29) is 0 Å². The first-order valence-electron chi connectivity index (χ1n) is 9.47. The first-order chi connectivity index (χ1) is 10.0. The minimum Gasteiger partial charge on any atom is -0.330 e. The molecule has 2 nitrogen and oxygen atoms in total. The maximum Gasteiger partial charge on any atom is 0.00388 e. The molecular formula is C19H42N2. The molecule has 128 valence electrons. The summed E-state index contributed by atoms with van der Waals surface area (Å²) in [7, 11) is 0. The molecule has 0 saturated heterocycles. The molecule has 0 aromatic carbocycles. The fraction of sp³-hybridized carbons (Fsp3) is 1.00. The van der Waals surface area contributed by atoms with Crippen LogP contribution in [0, 0.1) is 5.41 Å². The van der Waals surface area contributed by atoms with Gasteiger partial charge in [0.1, 0.15) is 0 Å². The molecule has 0 aliphatic heterocycles. The van der Waals surface area contributed by atoms with Crippen molar-refractivity contribution >= 4 is 0 Å².